The molecule has 138 valence electrons. The van der Waals surface area contributed by atoms with Crippen molar-refractivity contribution in [3.05, 3.63) is 72.4 Å². The number of hydrogen-bond acceptors (Lipinski definition) is 4. The number of hydrogen-bond donors (Lipinski definition) is 0. The van der Waals surface area contributed by atoms with Crippen molar-refractivity contribution in [2.45, 2.75) is 17.7 Å². The van der Waals surface area contributed by atoms with Gasteiger partial charge in [-0.1, -0.05) is 30.3 Å². The highest BCUT2D eigenvalue weighted by Gasteiger charge is 2.30. The van der Waals surface area contributed by atoms with Crippen molar-refractivity contribution < 1.29 is 13.2 Å². The molecule has 0 aliphatic carbocycles. The molecule has 2 aromatic carbocycles. The number of rotatable bonds is 4. The quantitative estimate of drug-likeness (QED) is 0.689. The summed E-state index contributed by atoms with van der Waals surface area (Å²) in [5.74, 6) is 0.627. The largest absolute Gasteiger partial charge is 0.497 e. The van der Waals surface area contributed by atoms with Gasteiger partial charge in [0.25, 0.3) is 10.0 Å². The summed E-state index contributed by atoms with van der Waals surface area (Å²) in [6, 6.07) is 20.1. The molecule has 0 bridgehead atoms. The molecule has 4 rings (SSSR count). The summed E-state index contributed by atoms with van der Waals surface area (Å²) >= 11 is 0. The molecule has 1 aliphatic rings. The molecule has 0 atom stereocenters. The minimum atomic E-state index is -3.64. The Morgan fingerprint density at radius 2 is 1.70 bits per heavy atom. The Balaban J connectivity index is 1.72. The maximum atomic E-state index is 13.2. The fraction of sp³-hybridized carbons (Fsp3) is 0.190. The molecular weight excluding hydrogens is 360 g/mol. The normalized spacial score (nSPS) is 13.9. The molecule has 0 amide bonds. The average molecular weight is 380 g/mol. The van der Waals surface area contributed by atoms with Crippen LogP contribution >= 0.6 is 0 Å². The molecule has 0 saturated heterocycles. The van der Waals surface area contributed by atoms with E-state index in [0.717, 1.165) is 29.8 Å². The number of fused-ring (bicyclic) bond motifs is 1. The van der Waals surface area contributed by atoms with Crippen LogP contribution in [0.3, 0.4) is 0 Å². The van der Waals surface area contributed by atoms with Crippen molar-refractivity contribution in [2.24, 2.45) is 0 Å². The molecule has 2 heterocycles. The second-order valence-corrected chi connectivity index (χ2v) is 8.25. The first-order chi connectivity index (χ1) is 13.1. The zero-order chi connectivity index (χ0) is 18.9. The third-order valence-corrected chi connectivity index (χ3v) is 6.54. The number of sulfonamides is 1. The van der Waals surface area contributed by atoms with Gasteiger partial charge in [-0.3, -0.25) is 9.29 Å². The third-order valence-electron chi connectivity index (χ3n) is 4.71. The monoisotopic (exact) mass is 380 g/mol. The number of benzene rings is 2. The summed E-state index contributed by atoms with van der Waals surface area (Å²) in [5, 5.41) is 0. The van der Waals surface area contributed by atoms with Gasteiger partial charge in [-0.05, 0) is 49.2 Å². The predicted molar refractivity (Wildman–Crippen MR) is 106 cm³/mol. The molecule has 0 saturated carbocycles. The van der Waals surface area contributed by atoms with Gasteiger partial charge in [-0.25, -0.2) is 8.42 Å². The highest BCUT2D eigenvalue weighted by molar-refractivity contribution is 7.92. The average Bonchev–Trinajstić information content (AvgIpc) is 2.73. The standard InChI is InChI=1S/C21H20N2O3S/c1-26-17-9-11-18(12-10-17)27(24,25)23-15-5-8-20-21(23)14-13-19(22-20)16-6-3-2-4-7-16/h2-4,6-7,9-14H,5,8,15H2,1H3. The lowest BCUT2D eigenvalue weighted by Crippen LogP contribution is -2.35. The molecule has 0 radical (unpaired) electrons. The Hall–Kier alpha value is -2.86. The minimum Gasteiger partial charge on any atom is -0.497 e. The molecule has 1 aliphatic heterocycles. The highest BCUT2D eigenvalue weighted by Crippen LogP contribution is 2.33. The summed E-state index contributed by atoms with van der Waals surface area (Å²) < 4.78 is 32.9. The van der Waals surface area contributed by atoms with Crippen molar-refractivity contribution in [3.63, 3.8) is 0 Å². The van der Waals surface area contributed by atoms with E-state index in [4.69, 9.17) is 9.72 Å². The van der Waals surface area contributed by atoms with Crippen molar-refractivity contribution >= 4 is 15.7 Å². The van der Waals surface area contributed by atoms with Gasteiger partial charge in [0.1, 0.15) is 5.75 Å². The van der Waals surface area contributed by atoms with Crippen molar-refractivity contribution in [1.29, 1.82) is 0 Å². The van der Waals surface area contributed by atoms with Crippen LogP contribution in [0.4, 0.5) is 5.69 Å². The van der Waals surface area contributed by atoms with Crippen molar-refractivity contribution in [1.82, 2.24) is 4.98 Å². The smallest absolute Gasteiger partial charge is 0.264 e. The van der Waals surface area contributed by atoms with Crippen LogP contribution in [-0.2, 0) is 16.4 Å². The van der Waals surface area contributed by atoms with Gasteiger partial charge < -0.3 is 4.74 Å². The molecule has 1 aromatic heterocycles. The van der Waals surface area contributed by atoms with Crippen LogP contribution in [0, 0.1) is 0 Å². The maximum Gasteiger partial charge on any atom is 0.264 e. The lowest BCUT2D eigenvalue weighted by molar-refractivity contribution is 0.414. The lowest BCUT2D eigenvalue weighted by atomic mass is 10.1. The van der Waals surface area contributed by atoms with E-state index < -0.39 is 10.0 Å². The van der Waals surface area contributed by atoms with Gasteiger partial charge in [0, 0.05) is 12.1 Å². The van der Waals surface area contributed by atoms with E-state index >= 15 is 0 Å². The molecule has 27 heavy (non-hydrogen) atoms. The van der Waals surface area contributed by atoms with E-state index in [1.165, 1.54) is 4.31 Å². The summed E-state index contributed by atoms with van der Waals surface area (Å²) in [4.78, 5) is 5.00. The number of methoxy groups -OCH3 is 1. The van der Waals surface area contributed by atoms with Gasteiger partial charge in [0.2, 0.25) is 0 Å². The predicted octanol–water partition coefficient (Wildman–Crippen LogP) is 3.90. The Morgan fingerprint density at radius 3 is 2.41 bits per heavy atom. The third kappa shape index (κ3) is 3.28. The Bertz CT molecular complexity index is 1050. The van der Waals surface area contributed by atoms with Crippen LogP contribution in [0.5, 0.6) is 5.75 Å². The Kier molecular flexibility index (Phi) is 4.58. The van der Waals surface area contributed by atoms with Gasteiger partial charge in [0.05, 0.1) is 29.1 Å². The SMILES string of the molecule is COc1ccc(S(=O)(=O)N2CCCc3nc(-c4ccccc4)ccc32)cc1. The van der Waals surface area contributed by atoms with E-state index in [1.807, 2.05) is 42.5 Å². The fourth-order valence-electron chi connectivity index (χ4n) is 3.31. The minimum absolute atomic E-state index is 0.253. The van der Waals surface area contributed by atoms with Crippen LogP contribution in [0.25, 0.3) is 11.3 Å². The van der Waals surface area contributed by atoms with Crippen LogP contribution in [0.1, 0.15) is 12.1 Å². The Morgan fingerprint density at radius 1 is 0.963 bits per heavy atom. The van der Waals surface area contributed by atoms with Crippen LogP contribution in [0.15, 0.2) is 71.6 Å². The number of pyridine rings is 1. The number of aryl methyl sites for hydroxylation is 1. The number of aromatic nitrogens is 1. The van der Waals surface area contributed by atoms with Crippen molar-refractivity contribution in [2.75, 3.05) is 18.0 Å². The van der Waals surface area contributed by atoms with E-state index in [1.54, 1.807) is 31.4 Å². The van der Waals surface area contributed by atoms with E-state index in [9.17, 15) is 8.42 Å². The molecule has 5 nitrogen and oxygen atoms in total. The first kappa shape index (κ1) is 17.5. The Labute approximate surface area is 159 Å². The molecule has 3 aromatic rings. The van der Waals surface area contributed by atoms with Gasteiger partial charge in [-0.15, -0.1) is 0 Å². The fourth-order valence-corrected chi connectivity index (χ4v) is 4.84. The molecule has 0 N–H and O–H groups in total. The lowest BCUT2D eigenvalue weighted by Gasteiger charge is -2.30. The zero-order valence-electron chi connectivity index (χ0n) is 15.0. The maximum absolute atomic E-state index is 13.2. The van der Waals surface area contributed by atoms with Gasteiger partial charge >= 0.3 is 0 Å². The molecule has 0 spiro atoms. The van der Waals surface area contributed by atoms with E-state index in [0.29, 0.717) is 18.0 Å². The van der Waals surface area contributed by atoms with E-state index in [2.05, 4.69) is 0 Å². The molecule has 0 fully saturated rings. The summed E-state index contributed by atoms with van der Waals surface area (Å²) in [7, 11) is -2.08. The van der Waals surface area contributed by atoms with Crippen LogP contribution in [0.2, 0.25) is 0 Å². The second-order valence-electron chi connectivity index (χ2n) is 6.38. The first-order valence-electron chi connectivity index (χ1n) is 8.82. The number of nitrogens with zero attached hydrogens (tertiary/aromatic N) is 2. The van der Waals surface area contributed by atoms with Crippen LogP contribution in [-0.4, -0.2) is 27.1 Å². The van der Waals surface area contributed by atoms with Gasteiger partial charge in [-0.2, -0.15) is 0 Å². The van der Waals surface area contributed by atoms with Crippen LogP contribution < -0.4 is 9.04 Å². The molecule has 0 unspecified atom stereocenters. The summed E-state index contributed by atoms with van der Waals surface area (Å²) in [6.45, 7) is 0.452. The molecule has 6 heteroatoms. The topological polar surface area (TPSA) is 59.5 Å². The number of anilines is 1. The summed E-state index contributed by atoms with van der Waals surface area (Å²) in [6.07, 6.45) is 1.51. The highest BCUT2D eigenvalue weighted by atomic mass is 32.2. The van der Waals surface area contributed by atoms with Crippen molar-refractivity contribution in [3.8, 4) is 17.0 Å². The second kappa shape index (κ2) is 7.04. The molecular formula is C21H20N2O3S. The first-order valence-corrected chi connectivity index (χ1v) is 10.3. The number of ether oxygens (including phenoxy) is 1. The van der Waals surface area contributed by atoms with E-state index in [-0.39, 0.29) is 4.90 Å². The summed E-state index contributed by atoms with van der Waals surface area (Å²) in [5.41, 5.74) is 3.37. The van der Waals surface area contributed by atoms with Gasteiger partial charge in [0.15, 0.2) is 0 Å². The zero-order valence-corrected chi connectivity index (χ0v) is 15.8.